The summed E-state index contributed by atoms with van der Waals surface area (Å²) in [4.78, 5) is 12.3. The molecule has 124 valence electrons. The highest BCUT2D eigenvalue weighted by Crippen LogP contribution is 2.16. The molecule has 0 N–H and O–H groups in total. The van der Waals surface area contributed by atoms with Crippen molar-refractivity contribution in [2.24, 2.45) is 0 Å². The molecule has 0 aliphatic carbocycles. The Morgan fingerprint density at radius 2 is 1.44 bits per heavy atom. The predicted octanol–water partition coefficient (Wildman–Crippen LogP) is 5.15. The summed E-state index contributed by atoms with van der Waals surface area (Å²) in [6, 6.07) is 22.4. The molecule has 0 amide bonds. The molecule has 2 nitrogen and oxygen atoms in total. The molecule has 0 atom stereocenters. The Hall–Kier alpha value is -3.20. The molecule has 25 heavy (non-hydrogen) atoms. The van der Waals surface area contributed by atoms with Crippen LogP contribution in [0, 0.1) is 5.82 Å². The first-order valence-corrected chi connectivity index (χ1v) is 7.97. The summed E-state index contributed by atoms with van der Waals surface area (Å²) in [5.74, 6) is 0.188. The third-order valence-corrected chi connectivity index (χ3v) is 3.68. The van der Waals surface area contributed by atoms with Crippen molar-refractivity contribution in [3.8, 4) is 5.75 Å². The minimum atomic E-state index is -0.358. The van der Waals surface area contributed by atoms with Gasteiger partial charge in [0.25, 0.3) is 0 Å². The van der Waals surface area contributed by atoms with Crippen molar-refractivity contribution in [3.63, 3.8) is 0 Å². The second-order valence-corrected chi connectivity index (χ2v) is 5.48. The van der Waals surface area contributed by atoms with Crippen molar-refractivity contribution in [3.05, 3.63) is 107 Å². The molecule has 0 spiro atoms. The van der Waals surface area contributed by atoms with Crippen LogP contribution in [-0.4, -0.2) is 12.4 Å². The Balaban J connectivity index is 1.57. The van der Waals surface area contributed by atoms with Gasteiger partial charge < -0.3 is 4.74 Å². The van der Waals surface area contributed by atoms with E-state index in [9.17, 15) is 9.18 Å². The van der Waals surface area contributed by atoms with Crippen molar-refractivity contribution >= 4 is 11.9 Å². The van der Waals surface area contributed by atoms with Crippen LogP contribution in [0.25, 0.3) is 6.08 Å². The summed E-state index contributed by atoms with van der Waals surface area (Å²) in [6.45, 7) is 0.445. The minimum Gasteiger partial charge on any atom is -0.490 e. The molecule has 0 radical (unpaired) electrons. The van der Waals surface area contributed by atoms with Gasteiger partial charge in [0.2, 0.25) is 0 Å². The average Bonchev–Trinajstić information content (AvgIpc) is 2.67. The first-order valence-electron chi connectivity index (χ1n) is 7.97. The molecule has 0 saturated heterocycles. The highest BCUT2D eigenvalue weighted by molar-refractivity contribution is 6.08. The topological polar surface area (TPSA) is 26.3 Å². The van der Waals surface area contributed by atoms with Crippen LogP contribution in [0.5, 0.6) is 5.75 Å². The van der Waals surface area contributed by atoms with E-state index in [1.807, 2.05) is 42.5 Å². The molecule has 0 fully saturated rings. The van der Waals surface area contributed by atoms with E-state index in [0.29, 0.717) is 23.5 Å². The first kappa shape index (κ1) is 16.7. The maximum absolute atomic E-state index is 12.9. The molecule has 3 aromatic carbocycles. The lowest BCUT2D eigenvalue weighted by atomic mass is 10.0. The number of carbonyl (C=O) groups is 1. The zero-order chi connectivity index (χ0) is 17.5. The van der Waals surface area contributed by atoms with Gasteiger partial charge in [0.05, 0.1) is 0 Å². The number of hydrogen-bond acceptors (Lipinski definition) is 2. The van der Waals surface area contributed by atoms with Crippen LogP contribution >= 0.6 is 0 Å². The van der Waals surface area contributed by atoms with Gasteiger partial charge in [0.15, 0.2) is 5.78 Å². The van der Waals surface area contributed by atoms with Gasteiger partial charge in [-0.15, -0.1) is 0 Å². The average molecular weight is 332 g/mol. The monoisotopic (exact) mass is 332 g/mol. The van der Waals surface area contributed by atoms with Crippen molar-refractivity contribution in [2.75, 3.05) is 6.61 Å². The number of ketones is 1. The molecule has 0 aromatic heterocycles. The highest BCUT2D eigenvalue weighted by Gasteiger charge is 2.09. The number of benzene rings is 3. The van der Waals surface area contributed by atoms with Gasteiger partial charge in [0, 0.05) is 11.1 Å². The largest absolute Gasteiger partial charge is 0.490 e. The van der Waals surface area contributed by atoms with Gasteiger partial charge in [-0.05, 0) is 60.2 Å². The molecular weight excluding hydrogens is 315 g/mol. The minimum absolute atomic E-state index is 0.143. The smallest absolute Gasteiger partial charge is 0.193 e. The van der Waals surface area contributed by atoms with E-state index in [1.54, 1.807) is 24.3 Å². The van der Waals surface area contributed by atoms with Crippen LogP contribution < -0.4 is 4.74 Å². The van der Waals surface area contributed by atoms with Gasteiger partial charge in [-0.25, -0.2) is 4.39 Å². The standard InChI is InChI=1S/C22H17FO2/c23-20-12-8-18(9-13-20)22(24)19-10-14-21(15-11-19)25-16-4-7-17-5-2-1-3-6-17/h1-15H,16H2. The summed E-state index contributed by atoms with van der Waals surface area (Å²) in [6.07, 6.45) is 3.93. The molecule has 3 aromatic rings. The lowest BCUT2D eigenvalue weighted by Gasteiger charge is -2.05. The second kappa shape index (κ2) is 8.06. The first-order chi connectivity index (χ1) is 12.2. The van der Waals surface area contributed by atoms with Crippen molar-refractivity contribution in [1.82, 2.24) is 0 Å². The molecule has 0 unspecified atom stereocenters. The van der Waals surface area contributed by atoms with Gasteiger partial charge in [-0.3, -0.25) is 4.79 Å². The van der Waals surface area contributed by atoms with Crippen molar-refractivity contribution in [2.45, 2.75) is 0 Å². The Bertz CT molecular complexity index is 851. The van der Waals surface area contributed by atoms with Gasteiger partial charge in [0.1, 0.15) is 18.2 Å². The van der Waals surface area contributed by atoms with E-state index in [1.165, 1.54) is 24.3 Å². The number of carbonyl (C=O) groups excluding carboxylic acids is 1. The quantitative estimate of drug-likeness (QED) is 0.584. The molecule has 0 aliphatic heterocycles. The fourth-order valence-electron chi connectivity index (χ4n) is 2.36. The van der Waals surface area contributed by atoms with Crippen LogP contribution in [-0.2, 0) is 0 Å². The van der Waals surface area contributed by atoms with E-state index in [4.69, 9.17) is 4.74 Å². The second-order valence-electron chi connectivity index (χ2n) is 5.48. The van der Waals surface area contributed by atoms with E-state index in [0.717, 1.165) is 5.56 Å². The maximum atomic E-state index is 12.9. The van der Waals surface area contributed by atoms with Gasteiger partial charge in [-0.1, -0.05) is 36.4 Å². The summed E-state index contributed by atoms with van der Waals surface area (Å²) in [7, 11) is 0. The van der Waals surface area contributed by atoms with Crippen LogP contribution in [0.1, 0.15) is 21.5 Å². The summed E-state index contributed by atoms with van der Waals surface area (Å²) in [5, 5.41) is 0. The van der Waals surface area contributed by atoms with E-state index < -0.39 is 0 Å². The fourth-order valence-corrected chi connectivity index (χ4v) is 2.36. The SMILES string of the molecule is O=C(c1ccc(F)cc1)c1ccc(OCC=Cc2ccccc2)cc1. The number of hydrogen-bond donors (Lipinski definition) is 0. The van der Waals surface area contributed by atoms with E-state index in [2.05, 4.69) is 0 Å². The van der Waals surface area contributed by atoms with Crippen LogP contribution in [0.4, 0.5) is 4.39 Å². The van der Waals surface area contributed by atoms with Crippen molar-refractivity contribution in [1.29, 1.82) is 0 Å². The Labute approximate surface area is 146 Å². The molecule has 3 rings (SSSR count). The Morgan fingerprint density at radius 3 is 2.08 bits per heavy atom. The summed E-state index contributed by atoms with van der Waals surface area (Å²) in [5.41, 5.74) is 2.12. The normalized spacial score (nSPS) is 10.8. The maximum Gasteiger partial charge on any atom is 0.193 e. The van der Waals surface area contributed by atoms with Gasteiger partial charge >= 0.3 is 0 Å². The number of ether oxygens (including phenoxy) is 1. The molecular formula is C22H17FO2. The molecule has 0 saturated carbocycles. The Morgan fingerprint density at radius 1 is 0.840 bits per heavy atom. The predicted molar refractivity (Wildman–Crippen MR) is 97.2 cm³/mol. The lowest BCUT2D eigenvalue weighted by Crippen LogP contribution is -2.01. The fraction of sp³-hybridized carbons (Fsp3) is 0.0455. The van der Waals surface area contributed by atoms with Gasteiger partial charge in [-0.2, -0.15) is 0 Å². The van der Waals surface area contributed by atoms with Crippen LogP contribution in [0.2, 0.25) is 0 Å². The van der Waals surface area contributed by atoms with Crippen LogP contribution in [0.3, 0.4) is 0 Å². The highest BCUT2D eigenvalue weighted by atomic mass is 19.1. The van der Waals surface area contributed by atoms with E-state index >= 15 is 0 Å². The molecule has 0 aliphatic rings. The summed E-state index contributed by atoms with van der Waals surface area (Å²) >= 11 is 0. The molecule has 3 heteroatoms. The Kier molecular flexibility index (Phi) is 5.37. The third-order valence-electron chi connectivity index (χ3n) is 3.68. The number of halogens is 1. The zero-order valence-electron chi connectivity index (χ0n) is 13.6. The summed E-state index contributed by atoms with van der Waals surface area (Å²) < 4.78 is 18.6. The third kappa shape index (κ3) is 4.64. The lowest BCUT2D eigenvalue weighted by molar-refractivity contribution is 0.103. The molecule has 0 bridgehead atoms. The number of rotatable bonds is 6. The molecule has 0 heterocycles. The zero-order valence-corrected chi connectivity index (χ0v) is 13.6. The van der Waals surface area contributed by atoms with E-state index in [-0.39, 0.29) is 11.6 Å². The van der Waals surface area contributed by atoms with Crippen molar-refractivity contribution < 1.29 is 13.9 Å². The van der Waals surface area contributed by atoms with Crippen LogP contribution in [0.15, 0.2) is 84.9 Å².